The molecule has 2 amide bonds. The van der Waals surface area contributed by atoms with Gasteiger partial charge in [0.15, 0.2) is 0 Å². The first kappa shape index (κ1) is 14.4. The molecule has 1 aliphatic rings. The zero-order chi connectivity index (χ0) is 14.7. The summed E-state index contributed by atoms with van der Waals surface area (Å²) in [5.41, 5.74) is 0. The SMILES string of the molecule is CC(C)N(CC1CC1)C(=O)NCc1ccc(C(=O)O)o1. The van der Waals surface area contributed by atoms with E-state index in [1.165, 1.54) is 18.9 Å². The summed E-state index contributed by atoms with van der Waals surface area (Å²) >= 11 is 0. The molecule has 0 aromatic carbocycles. The molecule has 0 spiro atoms. The second-order valence-electron chi connectivity index (χ2n) is 5.42. The summed E-state index contributed by atoms with van der Waals surface area (Å²) in [6, 6.07) is 2.94. The van der Waals surface area contributed by atoms with Gasteiger partial charge in [-0.05, 0) is 44.7 Å². The highest BCUT2D eigenvalue weighted by atomic mass is 16.4. The third kappa shape index (κ3) is 3.76. The van der Waals surface area contributed by atoms with E-state index in [0.29, 0.717) is 11.7 Å². The molecule has 0 bridgehead atoms. The zero-order valence-corrected chi connectivity index (χ0v) is 11.8. The molecule has 0 aliphatic heterocycles. The van der Waals surface area contributed by atoms with Crippen LogP contribution in [0.3, 0.4) is 0 Å². The summed E-state index contributed by atoms with van der Waals surface area (Å²) in [6.45, 7) is 4.94. The fourth-order valence-electron chi connectivity index (χ4n) is 1.96. The fraction of sp³-hybridized carbons (Fsp3) is 0.571. The van der Waals surface area contributed by atoms with E-state index in [1.807, 2.05) is 13.8 Å². The minimum atomic E-state index is -1.11. The summed E-state index contributed by atoms with van der Waals surface area (Å²) < 4.78 is 5.10. The Morgan fingerprint density at radius 3 is 2.65 bits per heavy atom. The standard InChI is InChI=1S/C14H20N2O4/c1-9(2)16(8-10-3-4-10)14(19)15-7-11-5-6-12(20-11)13(17)18/h5-6,9-10H,3-4,7-8H2,1-2H3,(H,15,19)(H,17,18). The maximum absolute atomic E-state index is 12.1. The molecule has 6 heteroatoms. The Morgan fingerprint density at radius 2 is 2.15 bits per heavy atom. The molecule has 1 fully saturated rings. The van der Waals surface area contributed by atoms with Gasteiger partial charge in [0, 0.05) is 12.6 Å². The van der Waals surface area contributed by atoms with Crippen molar-refractivity contribution in [2.24, 2.45) is 5.92 Å². The van der Waals surface area contributed by atoms with Gasteiger partial charge in [-0.3, -0.25) is 0 Å². The molecular weight excluding hydrogens is 260 g/mol. The first-order valence-electron chi connectivity index (χ1n) is 6.84. The van der Waals surface area contributed by atoms with Crippen molar-refractivity contribution in [2.75, 3.05) is 6.54 Å². The molecule has 1 saturated carbocycles. The molecule has 0 unspecified atom stereocenters. The Kier molecular flexibility index (Phi) is 4.32. The van der Waals surface area contributed by atoms with E-state index in [4.69, 9.17) is 9.52 Å². The van der Waals surface area contributed by atoms with Crippen molar-refractivity contribution in [1.82, 2.24) is 10.2 Å². The van der Waals surface area contributed by atoms with Crippen LogP contribution in [0.4, 0.5) is 4.79 Å². The van der Waals surface area contributed by atoms with Crippen molar-refractivity contribution in [1.29, 1.82) is 0 Å². The van der Waals surface area contributed by atoms with Gasteiger partial charge in [-0.1, -0.05) is 0 Å². The number of amides is 2. The summed E-state index contributed by atoms with van der Waals surface area (Å²) in [5, 5.41) is 11.5. The van der Waals surface area contributed by atoms with Crippen LogP contribution in [-0.4, -0.2) is 34.6 Å². The topological polar surface area (TPSA) is 82.8 Å². The van der Waals surface area contributed by atoms with Crippen molar-refractivity contribution in [3.8, 4) is 0 Å². The fourth-order valence-corrected chi connectivity index (χ4v) is 1.96. The van der Waals surface area contributed by atoms with E-state index >= 15 is 0 Å². The molecule has 1 aromatic rings. The van der Waals surface area contributed by atoms with Crippen LogP contribution in [0.25, 0.3) is 0 Å². The molecule has 0 atom stereocenters. The van der Waals surface area contributed by atoms with Gasteiger partial charge < -0.3 is 19.7 Å². The minimum Gasteiger partial charge on any atom is -0.475 e. The minimum absolute atomic E-state index is 0.118. The molecule has 1 aliphatic carbocycles. The number of carboxylic acids is 1. The average molecular weight is 280 g/mol. The number of furan rings is 1. The van der Waals surface area contributed by atoms with Gasteiger partial charge in [-0.2, -0.15) is 0 Å². The summed E-state index contributed by atoms with van der Waals surface area (Å²) in [6.07, 6.45) is 2.38. The van der Waals surface area contributed by atoms with Gasteiger partial charge in [-0.15, -0.1) is 0 Å². The molecule has 1 aromatic heterocycles. The predicted molar refractivity (Wildman–Crippen MR) is 72.5 cm³/mol. The number of nitrogens with one attached hydrogen (secondary N) is 1. The van der Waals surface area contributed by atoms with E-state index in [-0.39, 0.29) is 24.4 Å². The maximum atomic E-state index is 12.1. The van der Waals surface area contributed by atoms with E-state index in [9.17, 15) is 9.59 Å². The predicted octanol–water partition coefficient (Wildman–Crippen LogP) is 2.31. The summed E-state index contributed by atoms with van der Waals surface area (Å²) in [4.78, 5) is 24.6. The molecule has 20 heavy (non-hydrogen) atoms. The molecule has 0 saturated heterocycles. The highest BCUT2D eigenvalue weighted by Crippen LogP contribution is 2.30. The lowest BCUT2D eigenvalue weighted by Crippen LogP contribution is -2.44. The van der Waals surface area contributed by atoms with Crippen LogP contribution in [0.1, 0.15) is 43.0 Å². The maximum Gasteiger partial charge on any atom is 0.371 e. The van der Waals surface area contributed by atoms with Crippen molar-refractivity contribution < 1.29 is 19.1 Å². The van der Waals surface area contributed by atoms with Crippen LogP contribution < -0.4 is 5.32 Å². The molecule has 0 radical (unpaired) electrons. The Balaban J connectivity index is 1.87. The van der Waals surface area contributed by atoms with Crippen LogP contribution in [0.15, 0.2) is 16.5 Å². The number of urea groups is 1. The van der Waals surface area contributed by atoms with Gasteiger partial charge >= 0.3 is 12.0 Å². The number of carbonyl (C=O) groups excluding carboxylic acids is 1. The van der Waals surface area contributed by atoms with E-state index in [1.54, 1.807) is 11.0 Å². The average Bonchev–Trinajstić information content (AvgIpc) is 3.08. The van der Waals surface area contributed by atoms with Crippen molar-refractivity contribution in [3.63, 3.8) is 0 Å². The van der Waals surface area contributed by atoms with Gasteiger partial charge in [0.1, 0.15) is 5.76 Å². The number of hydrogen-bond donors (Lipinski definition) is 2. The van der Waals surface area contributed by atoms with Crippen LogP contribution in [-0.2, 0) is 6.54 Å². The second kappa shape index (κ2) is 5.98. The van der Waals surface area contributed by atoms with Crippen molar-refractivity contribution >= 4 is 12.0 Å². The largest absolute Gasteiger partial charge is 0.475 e. The molecule has 2 N–H and O–H groups in total. The van der Waals surface area contributed by atoms with Crippen LogP contribution in [0.2, 0.25) is 0 Å². The number of carbonyl (C=O) groups is 2. The highest BCUT2D eigenvalue weighted by Gasteiger charge is 2.28. The second-order valence-corrected chi connectivity index (χ2v) is 5.42. The summed E-state index contributed by atoms with van der Waals surface area (Å²) in [7, 11) is 0. The smallest absolute Gasteiger partial charge is 0.371 e. The van der Waals surface area contributed by atoms with Crippen molar-refractivity contribution in [3.05, 3.63) is 23.7 Å². The molecule has 6 nitrogen and oxygen atoms in total. The Hall–Kier alpha value is -1.98. The number of hydrogen-bond acceptors (Lipinski definition) is 3. The normalized spacial score (nSPS) is 14.3. The number of nitrogens with zero attached hydrogens (tertiary/aromatic N) is 1. The quantitative estimate of drug-likeness (QED) is 0.837. The number of rotatable bonds is 6. The molecule has 110 valence electrons. The lowest BCUT2D eigenvalue weighted by molar-refractivity contribution is 0.0660. The first-order chi connectivity index (χ1) is 9.47. The van der Waals surface area contributed by atoms with Gasteiger partial charge in [0.2, 0.25) is 5.76 Å². The van der Waals surface area contributed by atoms with E-state index < -0.39 is 5.97 Å². The van der Waals surface area contributed by atoms with E-state index in [2.05, 4.69) is 5.32 Å². The molecular formula is C14H20N2O4. The zero-order valence-electron chi connectivity index (χ0n) is 11.8. The third-order valence-corrected chi connectivity index (χ3v) is 3.32. The third-order valence-electron chi connectivity index (χ3n) is 3.32. The lowest BCUT2D eigenvalue weighted by Gasteiger charge is -2.26. The van der Waals surface area contributed by atoms with Gasteiger partial charge in [0.05, 0.1) is 6.54 Å². The van der Waals surface area contributed by atoms with E-state index in [0.717, 1.165) is 6.54 Å². The number of aromatic carboxylic acids is 1. The van der Waals surface area contributed by atoms with Crippen LogP contribution >= 0.6 is 0 Å². The molecule has 2 rings (SSSR count). The molecule has 1 heterocycles. The number of carboxylic acid groups (broad SMARTS) is 1. The lowest BCUT2D eigenvalue weighted by atomic mass is 10.3. The van der Waals surface area contributed by atoms with Crippen LogP contribution in [0, 0.1) is 5.92 Å². The Labute approximate surface area is 117 Å². The van der Waals surface area contributed by atoms with Gasteiger partial charge in [0.25, 0.3) is 0 Å². The summed E-state index contributed by atoms with van der Waals surface area (Å²) in [5.74, 6) is -0.163. The van der Waals surface area contributed by atoms with Crippen molar-refractivity contribution in [2.45, 2.75) is 39.3 Å². The Bertz CT molecular complexity index is 491. The van der Waals surface area contributed by atoms with Crippen LogP contribution in [0.5, 0.6) is 0 Å². The van der Waals surface area contributed by atoms with Gasteiger partial charge in [-0.25, -0.2) is 9.59 Å². The Morgan fingerprint density at radius 1 is 1.45 bits per heavy atom. The highest BCUT2D eigenvalue weighted by molar-refractivity contribution is 5.84. The monoisotopic (exact) mass is 280 g/mol. The first-order valence-corrected chi connectivity index (χ1v) is 6.84.